The first kappa shape index (κ1) is 19.3. The smallest absolute Gasteiger partial charge is 0.194 e. The first-order chi connectivity index (χ1) is 13.5. The lowest BCUT2D eigenvalue weighted by molar-refractivity contribution is 0.441. The molecule has 28 heavy (non-hydrogen) atoms. The van der Waals surface area contributed by atoms with Gasteiger partial charge in [-0.1, -0.05) is 48.3 Å². The van der Waals surface area contributed by atoms with Crippen LogP contribution in [-0.2, 0) is 6.42 Å². The lowest BCUT2D eigenvalue weighted by Crippen LogP contribution is -2.00. The van der Waals surface area contributed by atoms with E-state index in [-0.39, 0.29) is 17.5 Å². The molecule has 0 heterocycles. The molecule has 0 aliphatic rings. The van der Waals surface area contributed by atoms with Crippen LogP contribution in [0.2, 0.25) is 0 Å². The van der Waals surface area contributed by atoms with E-state index in [1.165, 1.54) is 5.56 Å². The molecule has 0 aromatic heterocycles. The minimum absolute atomic E-state index is 0.0759. The predicted octanol–water partition coefficient (Wildman–Crippen LogP) is 5.77. The summed E-state index contributed by atoms with van der Waals surface area (Å²) in [6.07, 6.45) is 0.223. The molecule has 0 bridgehead atoms. The molecule has 138 valence electrons. The van der Waals surface area contributed by atoms with Crippen molar-refractivity contribution < 1.29 is 13.2 Å². The average Bonchev–Trinajstić information content (AvgIpc) is 2.71. The van der Waals surface area contributed by atoms with Crippen LogP contribution in [0.4, 0.5) is 13.2 Å². The van der Waals surface area contributed by atoms with E-state index in [2.05, 4.69) is 23.7 Å². The summed E-state index contributed by atoms with van der Waals surface area (Å²) in [7, 11) is 0. The van der Waals surface area contributed by atoms with Crippen molar-refractivity contribution in [3.05, 3.63) is 105 Å². The van der Waals surface area contributed by atoms with Gasteiger partial charge >= 0.3 is 0 Å². The molecule has 0 radical (unpaired) electrons. The zero-order valence-corrected chi connectivity index (χ0v) is 15.5. The van der Waals surface area contributed by atoms with Crippen LogP contribution in [0.3, 0.4) is 0 Å². The van der Waals surface area contributed by atoms with Crippen LogP contribution >= 0.6 is 0 Å². The Labute approximate surface area is 163 Å². The second-order valence-electron chi connectivity index (χ2n) is 6.31. The maximum absolute atomic E-state index is 13.9. The molecule has 0 saturated heterocycles. The zero-order chi connectivity index (χ0) is 20.1. The molecule has 0 unspecified atom stereocenters. The average molecular weight is 374 g/mol. The van der Waals surface area contributed by atoms with Gasteiger partial charge in [0.2, 0.25) is 0 Å². The van der Waals surface area contributed by atoms with Crippen molar-refractivity contribution in [2.45, 2.75) is 20.3 Å². The molecule has 0 aliphatic heterocycles. The third-order valence-corrected chi connectivity index (χ3v) is 4.25. The van der Waals surface area contributed by atoms with Gasteiger partial charge in [-0.05, 0) is 55.8 Å². The van der Waals surface area contributed by atoms with Crippen molar-refractivity contribution in [1.29, 1.82) is 0 Å². The topological polar surface area (TPSA) is 0 Å². The highest BCUT2D eigenvalue weighted by molar-refractivity contribution is 5.50. The number of aryl methyl sites for hydroxylation is 1. The summed E-state index contributed by atoms with van der Waals surface area (Å²) >= 11 is 0. The first-order valence-corrected chi connectivity index (χ1v) is 8.85. The lowest BCUT2D eigenvalue weighted by Gasteiger charge is -2.05. The van der Waals surface area contributed by atoms with E-state index in [9.17, 15) is 13.2 Å². The van der Waals surface area contributed by atoms with Gasteiger partial charge in [0.1, 0.15) is 0 Å². The van der Waals surface area contributed by atoms with E-state index < -0.39 is 17.5 Å². The summed E-state index contributed by atoms with van der Waals surface area (Å²) in [4.78, 5) is 0. The monoisotopic (exact) mass is 374 g/mol. The normalized spacial score (nSPS) is 9.89. The highest BCUT2D eigenvalue weighted by atomic mass is 19.2. The molecule has 0 atom stereocenters. The number of benzene rings is 3. The van der Waals surface area contributed by atoms with Gasteiger partial charge in [0.05, 0.1) is 0 Å². The number of hydrogen-bond donors (Lipinski definition) is 0. The summed E-state index contributed by atoms with van der Waals surface area (Å²) in [5.74, 6) is 7.91. The van der Waals surface area contributed by atoms with Gasteiger partial charge in [-0.25, -0.2) is 13.2 Å². The molecule has 3 heteroatoms. The number of hydrogen-bond acceptors (Lipinski definition) is 0. The zero-order valence-electron chi connectivity index (χ0n) is 15.5. The van der Waals surface area contributed by atoms with E-state index in [1.54, 1.807) is 19.1 Å². The number of rotatable bonds is 1. The number of halogens is 3. The van der Waals surface area contributed by atoms with E-state index in [4.69, 9.17) is 0 Å². The Balaban J connectivity index is 1.82. The second-order valence-corrected chi connectivity index (χ2v) is 6.31. The van der Waals surface area contributed by atoms with Crippen LogP contribution in [0, 0.1) is 48.1 Å². The molecule has 0 nitrogen and oxygen atoms in total. The van der Waals surface area contributed by atoms with Gasteiger partial charge in [0.25, 0.3) is 0 Å². The molecule has 0 saturated carbocycles. The van der Waals surface area contributed by atoms with Gasteiger partial charge in [-0.15, -0.1) is 0 Å². The Morgan fingerprint density at radius 2 is 1.14 bits per heavy atom. The van der Waals surface area contributed by atoms with Crippen molar-refractivity contribution >= 4 is 0 Å². The SMILES string of the molecule is CCc1c(C#Cc2ccc(C#Cc3ccc(C)cc3)cc2)cc(F)c(F)c1F. The Bertz CT molecular complexity index is 1120. The van der Waals surface area contributed by atoms with E-state index in [0.717, 1.165) is 17.2 Å². The molecule has 0 amide bonds. The molecule has 3 rings (SSSR count). The van der Waals surface area contributed by atoms with Crippen molar-refractivity contribution in [3.8, 4) is 23.7 Å². The lowest BCUT2D eigenvalue weighted by atomic mass is 10.0. The molecule has 0 N–H and O–H groups in total. The third kappa shape index (κ3) is 4.45. The first-order valence-electron chi connectivity index (χ1n) is 8.85. The van der Waals surface area contributed by atoms with Gasteiger partial charge in [-0.3, -0.25) is 0 Å². The van der Waals surface area contributed by atoms with Gasteiger partial charge < -0.3 is 0 Å². The maximum Gasteiger partial charge on any atom is 0.194 e. The van der Waals surface area contributed by atoms with Crippen molar-refractivity contribution in [1.82, 2.24) is 0 Å². The van der Waals surface area contributed by atoms with Crippen LogP contribution in [0.15, 0.2) is 54.6 Å². The van der Waals surface area contributed by atoms with Crippen molar-refractivity contribution in [3.63, 3.8) is 0 Å². The summed E-state index contributed by atoms with van der Waals surface area (Å²) < 4.78 is 40.7. The van der Waals surface area contributed by atoms with Crippen LogP contribution in [-0.4, -0.2) is 0 Å². The Kier molecular flexibility index (Phi) is 5.87. The largest absolute Gasteiger partial charge is 0.204 e. The molecular weight excluding hydrogens is 357 g/mol. The fourth-order valence-electron chi connectivity index (χ4n) is 2.65. The van der Waals surface area contributed by atoms with Gasteiger partial charge in [-0.2, -0.15) is 0 Å². The predicted molar refractivity (Wildman–Crippen MR) is 105 cm³/mol. The fraction of sp³-hybridized carbons (Fsp3) is 0.120. The second kappa shape index (κ2) is 8.51. The van der Waals surface area contributed by atoms with E-state index >= 15 is 0 Å². The Hall–Kier alpha value is -3.43. The van der Waals surface area contributed by atoms with Gasteiger partial charge in [0, 0.05) is 27.8 Å². The van der Waals surface area contributed by atoms with E-state index in [0.29, 0.717) is 5.56 Å². The molecular formula is C25H17F3. The molecule has 3 aromatic carbocycles. The molecule has 0 spiro atoms. The van der Waals surface area contributed by atoms with E-state index in [1.807, 2.05) is 43.3 Å². The molecule has 3 aromatic rings. The summed E-state index contributed by atoms with van der Waals surface area (Å²) in [5, 5.41) is 0. The van der Waals surface area contributed by atoms with Crippen molar-refractivity contribution in [2.75, 3.05) is 0 Å². The molecule has 0 fully saturated rings. The summed E-state index contributed by atoms with van der Waals surface area (Å²) in [5.41, 5.74) is 3.85. The van der Waals surface area contributed by atoms with Crippen LogP contribution in [0.25, 0.3) is 0 Å². The van der Waals surface area contributed by atoms with Gasteiger partial charge in [0.15, 0.2) is 17.5 Å². The molecule has 0 aliphatic carbocycles. The standard InChI is InChI=1S/C25H17F3/c1-3-22-21(16-23(26)25(28)24(22)27)15-14-20-12-10-19(11-13-20)9-8-18-6-4-17(2)5-7-18/h4-7,10-13,16H,3H2,1-2H3. The quantitative estimate of drug-likeness (QED) is 0.374. The summed E-state index contributed by atoms with van der Waals surface area (Å²) in [6, 6.07) is 16.1. The fourth-order valence-corrected chi connectivity index (χ4v) is 2.65. The maximum atomic E-state index is 13.9. The van der Waals surface area contributed by atoms with Crippen LogP contribution in [0.5, 0.6) is 0 Å². The highest BCUT2D eigenvalue weighted by Crippen LogP contribution is 2.20. The van der Waals surface area contributed by atoms with Crippen LogP contribution in [0.1, 0.15) is 40.3 Å². The summed E-state index contributed by atoms with van der Waals surface area (Å²) in [6.45, 7) is 3.69. The van der Waals surface area contributed by atoms with Crippen LogP contribution < -0.4 is 0 Å². The third-order valence-electron chi connectivity index (χ3n) is 4.25. The Morgan fingerprint density at radius 1 is 0.679 bits per heavy atom. The Morgan fingerprint density at radius 3 is 1.64 bits per heavy atom. The van der Waals surface area contributed by atoms with Crippen molar-refractivity contribution in [2.24, 2.45) is 0 Å². The highest BCUT2D eigenvalue weighted by Gasteiger charge is 2.16. The minimum atomic E-state index is -1.46. The minimum Gasteiger partial charge on any atom is -0.204 e.